The smallest absolute Gasteiger partial charge is 0.274 e. The van der Waals surface area contributed by atoms with Crippen LogP contribution in [0, 0.1) is 6.92 Å². The van der Waals surface area contributed by atoms with Crippen LogP contribution in [-0.4, -0.2) is 36.7 Å². The quantitative estimate of drug-likeness (QED) is 0.400. The Bertz CT molecular complexity index is 1530. The first kappa shape index (κ1) is 21.8. The van der Waals surface area contributed by atoms with Crippen molar-refractivity contribution in [3.63, 3.8) is 0 Å². The first-order valence-corrected chi connectivity index (χ1v) is 10.8. The van der Waals surface area contributed by atoms with Gasteiger partial charge < -0.3 is 5.32 Å². The maximum atomic E-state index is 12.8. The van der Waals surface area contributed by atoms with Gasteiger partial charge in [0, 0.05) is 29.0 Å². The molecule has 35 heavy (non-hydrogen) atoms. The molecule has 170 valence electrons. The molecule has 5 rings (SSSR count). The zero-order chi connectivity index (χ0) is 24.2. The summed E-state index contributed by atoms with van der Waals surface area (Å²) in [6.45, 7) is 1.71. The zero-order valence-corrected chi connectivity index (χ0v) is 18.6. The zero-order valence-electron chi connectivity index (χ0n) is 18.6. The third-order valence-corrected chi connectivity index (χ3v) is 5.16. The number of nitrogens with zero attached hydrogens (tertiary/aromatic N) is 5. The van der Waals surface area contributed by atoms with Crippen LogP contribution >= 0.6 is 0 Å². The Hall–Kier alpha value is -5.05. The predicted molar refractivity (Wildman–Crippen MR) is 132 cm³/mol. The molecule has 0 saturated carbocycles. The highest BCUT2D eigenvalue weighted by atomic mass is 16.2. The average Bonchev–Trinajstić information content (AvgIpc) is 2.89. The number of rotatable bonds is 5. The first-order valence-electron chi connectivity index (χ1n) is 10.8. The molecule has 5 aromatic rings. The van der Waals surface area contributed by atoms with Gasteiger partial charge in [0.2, 0.25) is 5.95 Å². The molecule has 0 aliphatic carbocycles. The Kier molecular flexibility index (Phi) is 5.87. The number of anilines is 2. The van der Waals surface area contributed by atoms with Crippen molar-refractivity contribution in [2.45, 2.75) is 6.92 Å². The Balaban J connectivity index is 1.30. The third-order valence-electron chi connectivity index (χ3n) is 5.16. The average molecular weight is 461 g/mol. The largest absolute Gasteiger partial charge is 0.321 e. The van der Waals surface area contributed by atoms with Crippen LogP contribution in [0.15, 0.2) is 85.2 Å². The minimum Gasteiger partial charge on any atom is -0.321 e. The Morgan fingerprint density at radius 1 is 0.714 bits per heavy atom. The van der Waals surface area contributed by atoms with E-state index in [1.807, 2.05) is 36.4 Å². The molecule has 0 fully saturated rings. The van der Waals surface area contributed by atoms with Crippen molar-refractivity contribution in [1.29, 1.82) is 0 Å². The number of fused-ring (bicyclic) bond motifs is 1. The van der Waals surface area contributed by atoms with Gasteiger partial charge in [-0.1, -0.05) is 30.3 Å². The number of carbonyl (C=O) groups is 2. The van der Waals surface area contributed by atoms with Crippen molar-refractivity contribution < 1.29 is 9.59 Å². The third kappa shape index (κ3) is 4.83. The van der Waals surface area contributed by atoms with Gasteiger partial charge in [-0.15, -0.1) is 0 Å². The van der Waals surface area contributed by atoms with E-state index in [1.54, 1.807) is 55.7 Å². The molecule has 0 unspecified atom stereocenters. The number of carbonyl (C=O) groups excluding carboxylic acids is 2. The fraction of sp³-hybridized carbons (Fsp3) is 0.0385. The topological polar surface area (TPSA) is 123 Å². The van der Waals surface area contributed by atoms with E-state index in [2.05, 4.69) is 35.6 Å². The van der Waals surface area contributed by atoms with E-state index in [4.69, 9.17) is 0 Å². The fourth-order valence-corrected chi connectivity index (χ4v) is 3.52. The molecule has 0 atom stereocenters. The van der Waals surface area contributed by atoms with Crippen LogP contribution in [0.25, 0.3) is 22.3 Å². The first-order chi connectivity index (χ1) is 17.1. The number of pyridine rings is 2. The summed E-state index contributed by atoms with van der Waals surface area (Å²) < 4.78 is 0. The second-order valence-electron chi connectivity index (χ2n) is 7.61. The van der Waals surface area contributed by atoms with Crippen LogP contribution in [-0.2, 0) is 0 Å². The monoisotopic (exact) mass is 461 g/mol. The van der Waals surface area contributed by atoms with Crippen LogP contribution in [0.5, 0.6) is 0 Å². The highest BCUT2D eigenvalue weighted by molar-refractivity contribution is 6.11. The Morgan fingerprint density at radius 2 is 1.51 bits per heavy atom. The lowest BCUT2D eigenvalue weighted by molar-refractivity contribution is 0.101. The van der Waals surface area contributed by atoms with Crippen molar-refractivity contribution in [3.05, 3.63) is 102 Å². The molecule has 2 N–H and O–H groups in total. The van der Waals surface area contributed by atoms with E-state index >= 15 is 0 Å². The second kappa shape index (κ2) is 9.44. The van der Waals surface area contributed by atoms with Crippen molar-refractivity contribution in [1.82, 2.24) is 24.9 Å². The van der Waals surface area contributed by atoms with Crippen LogP contribution in [0.1, 0.15) is 26.7 Å². The van der Waals surface area contributed by atoms with Gasteiger partial charge in [0.05, 0.1) is 0 Å². The van der Waals surface area contributed by atoms with E-state index in [-0.39, 0.29) is 11.9 Å². The number of nitrogens with one attached hydrogen (secondary N) is 2. The van der Waals surface area contributed by atoms with E-state index < -0.39 is 5.91 Å². The van der Waals surface area contributed by atoms with Crippen molar-refractivity contribution >= 4 is 34.2 Å². The molecule has 0 radical (unpaired) electrons. The molecule has 2 amide bonds. The van der Waals surface area contributed by atoms with E-state index in [9.17, 15) is 9.59 Å². The molecule has 2 aromatic carbocycles. The van der Waals surface area contributed by atoms with Gasteiger partial charge in [0.15, 0.2) is 5.82 Å². The number of hydrogen-bond donors (Lipinski definition) is 2. The number of hydrogen-bond acceptors (Lipinski definition) is 7. The molecular weight excluding hydrogens is 442 g/mol. The number of benzene rings is 2. The fourth-order valence-electron chi connectivity index (χ4n) is 3.52. The second-order valence-corrected chi connectivity index (χ2v) is 7.61. The SMILES string of the molecule is Cc1nc(NC(=O)c2ccc(NC(=O)c3nccc4ccccc34)cc2)nc(-c2ccccn2)n1. The molecule has 0 spiro atoms. The van der Waals surface area contributed by atoms with E-state index in [0.717, 1.165) is 10.8 Å². The van der Waals surface area contributed by atoms with Gasteiger partial charge >= 0.3 is 0 Å². The van der Waals surface area contributed by atoms with E-state index in [0.29, 0.717) is 34.3 Å². The van der Waals surface area contributed by atoms with Crippen LogP contribution in [0.3, 0.4) is 0 Å². The maximum Gasteiger partial charge on any atom is 0.274 e. The van der Waals surface area contributed by atoms with Gasteiger partial charge in [-0.2, -0.15) is 9.97 Å². The molecular formula is C26H19N7O2. The van der Waals surface area contributed by atoms with Crippen LogP contribution in [0.2, 0.25) is 0 Å². The molecule has 9 nitrogen and oxygen atoms in total. The van der Waals surface area contributed by atoms with Crippen LogP contribution in [0.4, 0.5) is 11.6 Å². The van der Waals surface area contributed by atoms with E-state index in [1.165, 1.54) is 0 Å². The lowest BCUT2D eigenvalue weighted by Gasteiger charge is -2.09. The molecule has 3 aromatic heterocycles. The van der Waals surface area contributed by atoms with Gasteiger partial charge in [0.1, 0.15) is 17.2 Å². The molecule has 0 saturated heterocycles. The Labute approximate surface area is 200 Å². The summed E-state index contributed by atoms with van der Waals surface area (Å²) in [7, 11) is 0. The molecule has 0 aliphatic rings. The lowest BCUT2D eigenvalue weighted by Crippen LogP contribution is -2.16. The van der Waals surface area contributed by atoms with Crippen molar-refractivity contribution in [2.75, 3.05) is 10.6 Å². The maximum absolute atomic E-state index is 12.8. The summed E-state index contributed by atoms with van der Waals surface area (Å²) in [5, 5.41) is 7.21. The van der Waals surface area contributed by atoms with Gasteiger partial charge in [0.25, 0.3) is 11.8 Å². The molecule has 0 aliphatic heterocycles. The highest BCUT2D eigenvalue weighted by Crippen LogP contribution is 2.19. The lowest BCUT2D eigenvalue weighted by atomic mass is 10.1. The number of aryl methyl sites for hydroxylation is 1. The predicted octanol–water partition coefficient (Wildman–Crippen LogP) is 4.29. The summed E-state index contributed by atoms with van der Waals surface area (Å²) in [4.78, 5) is 46.8. The summed E-state index contributed by atoms with van der Waals surface area (Å²) >= 11 is 0. The van der Waals surface area contributed by atoms with Gasteiger partial charge in [-0.3, -0.25) is 24.9 Å². The summed E-state index contributed by atoms with van der Waals surface area (Å²) in [6.07, 6.45) is 3.25. The minimum absolute atomic E-state index is 0.127. The number of aromatic nitrogens is 5. The number of amides is 2. The standard InChI is InChI=1S/C26H19N7O2/c1-16-29-23(21-8-4-5-14-27-21)32-26(30-16)33-24(34)18-9-11-19(12-10-18)31-25(35)22-20-7-3-2-6-17(20)13-15-28-22/h2-15H,1H3,(H,31,35)(H,29,30,32,33,34). The minimum atomic E-state index is -0.392. The summed E-state index contributed by atoms with van der Waals surface area (Å²) in [5.41, 5.74) is 1.83. The summed E-state index contributed by atoms with van der Waals surface area (Å²) in [5.74, 6) is 0.227. The normalized spacial score (nSPS) is 10.7. The van der Waals surface area contributed by atoms with Crippen molar-refractivity contribution in [3.8, 4) is 11.5 Å². The van der Waals surface area contributed by atoms with Crippen LogP contribution < -0.4 is 10.6 Å². The molecule has 3 heterocycles. The molecule has 9 heteroatoms. The van der Waals surface area contributed by atoms with Gasteiger partial charge in [-0.05, 0) is 54.8 Å². The van der Waals surface area contributed by atoms with Crippen molar-refractivity contribution in [2.24, 2.45) is 0 Å². The van der Waals surface area contributed by atoms with Gasteiger partial charge in [-0.25, -0.2) is 4.98 Å². The molecule has 0 bridgehead atoms. The highest BCUT2D eigenvalue weighted by Gasteiger charge is 2.14. The summed E-state index contributed by atoms with van der Waals surface area (Å²) in [6, 6.07) is 21.3. The Morgan fingerprint density at radius 3 is 2.31 bits per heavy atom.